The van der Waals surface area contributed by atoms with Gasteiger partial charge in [-0.15, -0.1) is 0 Å². The SMILES string of the molecule is C[C@@H]1/C=C\[C@H](O)[C@@H](O)[C@@H](O)C/C=C/c2cc(N(C)C)cc(O)c2C(=O)O[C@H]1C. The first kappa shape index (κ1) is 21.9. The highest BCUT2D eigenvalue weighted by molar-refractivity contribution is 5.97. The van der Waals surface area contributed by atoms with Crippen LogP contribution in [0.4, 0.5) is 5.69 Å². The zero-order valence-corrected chi connectivity index (χ0v) is 16.6. The summed E-state index contributed by atoms with van der Waals surface area (Å²) in [6.45, 7) is 3.50. The fourth-order valence-electron chi connectivity index (χ4n) is 2.84. The van der Waals surface area contributed by atoms with Crippen molar-refractivity contribution in [2.45, 2.75) is 44.7 Å². The maximum atomic E-state index is 12.7. The van der Waals surface area contributed by atoms with E-state index < -0.39 is 30.4 Å². The molecule has 154 valence electrons. The summed E-state index contributed by atoms with van der Waals surface area (Å²) in [6.07, 6.45) is 1.90. The second-order valence-corrected chi connectivity index (χ2v) is 7.36. The van der Waals surface area contributed by atoms with Crippen LogP contribution in [0.1, 0.15) is 36.2 Å². The largest absolute Gasteiger partial charge is 0.507 e. The van der Waals surface area contributed by atoms with Crippen LogP contribution < -0.4 is 4.90 Å². The molecule has 0 fully saturated rings. The molecule has 0 unspecified atom stereocenters. The lowest BCUT2D eigenvalue weighted by atomic mass is 9.98. The highest BCUT2D eigenvalue weighted by atomic mass is 16.5. The summed E-state index contributed by atoms with van der Waals surface area (Å²) in [6, 6.07) is 3.21. The molecule has 0 radical (unpaired) electrons. The third-order valence-electron chi connectivity index (χ3n) is 4.92. The van der Waals surface area contributed by atoms with E-state index in [9.17, 15) is 25.2 Å². The number of nitrogens with zero attached hydrogens (tertiary/aromatic N) is 1. The number of phenols is 1. The minimum atomic E-state index is -1.35. The lowest BCUT2D eigenvalue weighted by Crippen LogP contribution is -2.36. The average molecular weight is 391 g/mol. The van der Waals surface area contributed by atoms with Crippen molar-refractivity contribution in [3.05, 3.63) is 41.5 Å². The Bertz CT molecular complexity index is 758. The normalized spacial score (nSPS) is 31.2. The van der Waals surface area contributed by atoms with E-state index in [0.717, 1.165) is 0 Å². The van der Waals surface area contributed by atoms with Crippen LogP contribution in [-0.4, -0.2) is 64.9 Å². The summed E-state index contributed by atoms with van der Waals surface area (Å²) in [7, 11) is 3.62. The Morgan fingerprint density at radius 1 is 1.11 bits per heavy atom. The van der Waals surface area contributed by atoms with Crippen LogP contribution in [0.15, 0.2) is 30.4 Å². The molecule has 1 aliphatic heterocycles. The molecule has 0 amide bonds. The third-order valence-corrected chi connectivity index (χ3v) is 4.92. The first-order chi connectivity index (χ1) is 13.1. The van der Waals surface area contributed by atoms with Gasteiger partial charge in [0.2, 0.25) is 0 Å². The van der Waals surface area contributed by atoms with Crippen molar-refractivity contribution >= 4 is 17.7 Å². The Balaban J connectivity index is 2.51. The highest BCUT2D eigenvalue weighted by Gasteiger charge is 2.25. The van der Waals surface area contributed by atoms with E-state index in [1.807, 2.05) is 14.1 Å². The van der Waals surface area contributed by atoms with E-state index in [2.05, 4.69) is 0 Å². The molecule has 0 bridgehead atoms. The van der Waals surface area contributed by atoms with Crippen molar-refractivity contribution in [3.8, 4) is 5.75 Å². The Hall–Kier alpha value is -2.35. The smallest absolute Gasteiger partial charge is 0.342 e. The predicted molar refractivity (Wildman–Crippen MR) is 107 cm³/mol. The van der Waals surface area contributed by atoms with Gasteiger partial charge in [-0.1, -0.05) is 31.2 Å². The van der Waals surface area contributed by atoms with Crippen molar-refractivity contribution in [1.29, 1.82) is 0 Å². The van der Waals surface area contributed by atoms with Crippen molar-refractivity contribution < 1.29 is 30.0 Å². The Kier molecular flexibility index (Phi) is 7.23. The number of ether oxygens (including phenoxy) is 1. The van der Waals surface area contributed by atoms with Crippen molar-refractivity contribution in [3.63, 3.8) is 0 Å². The van der Waals surface area contributed by atoms with E-state index >= 15 is 0 Å². The van der Waals surface area contributed by atoms with E-state index in [1.54, 1.807) is 43.0 Å². The molecule has 7 nitrogen and oxygen atoms in total. The second kappa shape index (κ2) is 9.23. The molecule has 0 aromatic heterocycles. The van der Waals surface area contributed by atoms with Gasteiger partial charge in [0.05, 0.1) is 6.10 Å². The summed E-state index contributed by atoms with van der Waals surface area (Å²) in [4.78, 5) is 14.5. The zero-order chi connectivity index (χ0) is 21.0. The van der Waals surface area contributed by atoms with E-state index in [-0.39, 0.29) is 23.7 Å². The van der Waals surface area contributed by atoms with Gasteiger partial charge in [0, 0.05) is 31.8 Å². The fraction of sp³-hybridized carbons (Fsp3) is 0.476. The number of esters is 1. The molecule has 1 heterocycles. The van der Waals surface area contributed by atoms with Crippen LogP contribution in [0.2, 0.25) is 0 Å². The average Bonchev–Trinajstić information content (AvgIpc) is 2.63. The summed E-state index contributed by atoms with van der Waals surface area (Å²) >= 11 is 0. The van der Waals surface area contributed by atoms with Gasteiger partial charge in [-0.3, -0.25) is 0 Å². The molecule has 0 saturated carbocycles. The molecule has 1 aliphatic rings. The molecule has 1 aromatic rings. The number of fused-ring (bicyclic) bond motifs is 1. The quantitative estimate of drug-likeness (QED) is 0.426. The molecule has 5 atom stereocenters. The zero-order valence-electron chi connectivity index (χ0n) is 16.6. The van der Waals surface area contributed by atoms with Crippen LogP contribution in [-0.2, 0) is 4.74 Å². The van der Waals surface area contributed by atoms with Crippen LogP contribution in [0.3, 0.4) is 0 Å². The number of benzene rings is 1. The summed E-state index contributed by atoms with van der Waals surface area (Å²) in [5.74, 6) is -1.11. The third kappa shape index (κ3) is 5.13. The number of phenolic OH excluding ortho intramolecular Hbond substituents is 1. The maximum absolute atomic E-state index is 12.7. The van der Waals surface area contributed by atoms with Gasteiger partial charge in [0.15, 0.2) is 0 Å². The van der Waals surface area contributed by atoms with Crippen LogP contribution >= 0.6 is 0 Å². The van der Waals surface area contributed by atoms with Gasteiger partial charge in [-0.05, 0) is 25.0 Å². The van der Waals surface area contributed by atoms with E-state index in [4.69, 9.17) is 4.74 Å². The number of rotatable bonds is 1. The first-order valence-electron chi connectivity index (χ1n) is 9.26. The van der Waals surface area contributed by atoms with Gasteiger partial charge < -0.3 is 30.1 Å². The van der Waals surface area contributed by atoms with Crippen LogP contribution in [0.25, 0.3) is 6.08 Å². The van der Waals surface area contributed by atoms with Gasteiger partial charge in [-0.2, -0.15) is 0 Å². The monoisotopic (exact) mass is 391 g/mol. The number of aromatic hydroxyl groups is 1. The number of cyclic esters (lactones) is 1. The minimum Gasteiger partial charge on any atom is -0.507 e. The molecule has 1 aromatic carbocycles. The number of hydrogen-bond acceptors (Lipinski definition) is 7. The lowest BCUT2D eigenvalue weighted by molar-refractivity contribution is -0.0395. The molecule has 0 aliphatic carbocycles. The summed E-state index contributed by atoms with van der Waals surface area (Å²) in [5.41, 5.74) is 1.16. The van der Waals surface area contributed by atoms with Crippen molar-refractivity contribution in [2.75, 3.05) is 19.0 Å². The first-order valence-corrected chi connectivity index (χ1v) is 9.26. The maximum Gasteiger partial charge on any atom is 0.342 e. The topological polar surface area (TPSA) is 110 Å². The van der Waals surface area contributed by atoms with Gasteiger partial charge >= 0.3 is 5.97 Å². The molecule has 0 spiro atoms. The number of aliphatic hydroxyl groups excluding tert-OH is 3. The molecule has 0 saturated heterocycles. The molecule has 2 rings (SSSR count). The lowest BCUT2D eigenvalue weighted by Gasteiger charge is -2.23. The molecule has 7 heteroatoms. The minimum absolute atomic E-state index is 0.0389. The van der Waals surface area contributed by atoms with E-state index in [1.165, 1.54) is 12.1 Å². The van der Waals surface area contributed by atoms with Crippen LogP contribution in [0.5, 0.6) is 5.75 Å². The number of carbonyl (C=O) groups excluding carboxylic acids is 1. The highest BCUT2D eigenvalue weighted by Crippen LogP contribution is 2.30. The van der Waals surface area contributed by atoms with E-state index in [0.29, 0.717) is 11.3 Å². The van der Waals surface area contributed by atoms with Crippen molar-refractivity contribution in [1.82, 2.24) is 0 Å². The number of carbonyl (C=O) groups is 1. The Labute approximate surface area is 165 Å². The predicted octanol–water partition coefficient (Wildman–Crippen LogP) is 1.70. The Morgan fingerprint density at radius 3 is 2.43 bits per heavy atom. The Morgan fingerprint density at radius 2 is 1.79 bits per heavy atom. The summed E-state index contributed by atoms with van der Waals surface area (Å²) < 4.78 is 5.51. The van der Waals surface area contributed by atoms with Crippen LogP contribution in [0, 0.1) is 5.92 Å². The molecule has 4 N–H and O–H groups in total. The fourth-order valence-corrected chi connectivity index (χ4v) is 2.84. The molecular weight excluding hydrogens is 362 g/mol. The van der Waals surface area contributed by atoms with Gasteiger partial charge in [-0.25, -0.2) is 4.79 Å². The standard InChI is InChI=1S/C21H29NO6/c1-12-8-9-17(24)20(26)16(23)7-5-6-14-10-15(22(3)4)11-18(25)19(14)21(27)28-13(12)2/h5-6,8-13,16-17,20,23-26H,7H2,1-4H3/b6-5+,9-8-/t12-,13+,16+,17+,20+/m1/s1. The molecule has 28 heavy (non-hydrogen) atoms. The number of anilines is 1. The summed E-state index contributed by atoms with van der Waals surface area (Å²) in [5, 5.41) is 40.7. The van der Waals surface area contributed by atoms with Gasteiger partial charge in [0.1, 0.15) is 29.6 Å². The number of hydrogen-bond donors (Lipinski definition) is 4. The van der Waals surface area contributed by atoms with Gasteiger partial charge in [0.25, 0.3) is 0 Å². The number of aliphatic hydroxyl groups is 3. The molecular formula is C21H29NO6. The second-order valence-electron chi connectivity index (χ2n) is 7.36. The van der Waals surface area contributed by atoms with Crippen molar-refractivity contribution in [2.24, 2.45) is 5.92 Å².